The smallest absolute Gasteiger partial charge is 0.328 e. The summed E-state index contributed by atoms with van der Waals surface area (Å²) in [7, 11) is 1.67. The van der Waals surface area contributed by atoms with Gasteiger partial charge in [0.25, 0.3) is 0 Å². The number of benzene rings is 1. The Labute approximate surface area is 179 Å². The second-order valence-corrected chi connectivity index (χ2v) is 7.59. The molecule has 0 aliphatic rings. The Bertz CT molecular complexity index is 666. The molecule has 0 saturated carbocycles. The van der Waals surface area contributed by atoms with Crippen LogP contribution in [0.3, 0.4) is 0 Å². The standard InChI is InChI=1S/C22H36N4O4/c1-15(2)30-22(29)18(12-8-9-13-23)25-21(28)19(26-20(27)16(3)24-4)14-17-10-6-5-7-11-17/h5-7,10-11,15-16,18-19,24H,8-9,12-14,23H2,1-4H3,(H,25,28)(H,26,27)/t16-,18-,19-/m0/s1. The molecule has 30 heavy (non-hydrogen) atoms. The molecule has 0 aromatic heterocycles. The van der Waals surface area contributed by atoms with Crippen LogP contribution in [0.25, 0.3) is 0 Å². The van der Waals surface area contributed by atoms with E-state index in [1.807, 2.05) is 30.3 Å². The second-order valence-electron chi connectivity index (χ2n) is 7.59. The first-order valence-electron chi connectivity index (χ1n) is 10.5. The number of nitrogens with one attached hydrogen (secondary N) is 3. The Morgan fingerprint density at radius 3 is 2.17 bits per heavy atom. The number of likely N-dealkylation sites (N-methyl/N-ethyl adjacent to an activating group) is 1. The van der Waals surface area contributed by atoms with E-state index in [1.165, 1.54) is 0 Å². The lowest BCUT2D eigenvalue weighted by atomic mass is 10.0. The van der Waals surface area contributed by atoms with Gasteiger partial charge >= 0.3 is 5.97 Å². The maximum absolute atomic E-state index is 13.0. The van der Waals surface area contributed by atoms with Gasteiger partial charge in [-0.25, -0.2) is 4.79 Å². The lowest BCUT2D eigenvalue weighted by Gasteiger charge is -2.24. The maximum Gasteiger partial charge on any atom is 0.328 e. The number of unbranched alkanes of at least 4 members (excludes halogenated alkanes) is 1. The highest BCUT2D eigenvalue weighted by Crippen LogP contribution is 2.08. The Morgan fingerprint density at radius 2 is 1.60 bits per heavy atom. The summed E-state index contributed by atoms with van der Waals surface area (Å²) in [6.07, 6.45) is 1.87. The molecule has 0 aliphatic carbocycles. The first-order chi connectivity index (χ1) is 14.3. The normalized spacial score (nSPS) is 13.9. The van der Waals surface area contributed by atoms with Crippen LogP contribution < -0.4 is 21.7 Å². The molecule has 1 aromatic carbocycles. The molecule has 0 bridgehead atoms. The van der Waals surface area contributed by atoms with Crippen LogP contribution in [0, 0.1) is 0 Å². The van der Waals surface area contributed by atoms with E-state index in [9.17, 15) is 14.4 Å². The van der Waals surface area contributed by atoms with Crippen molar-refractivity contribution in [1.29, 1.82) is 0 Å². The van der Waals surface area contributed by atoms with Crippen LogP contribution in [-0.4, -0.2) is 55.6 Å². The summed E-state index contributed by atoms with van der Waals surface area (Å²) in [5.41, 5.74) is 6.45. The van der Waals surface area contributed by atoms with Gasteiger partial charge in [0.1, 0.15) is 12.1 Å². The molecular formula is C22H36N4O4. The summed E-state index contributed by atoms with van der Waals surface area (Å²) in [6.45, 7) is 5.74. The van der Waals surface area contributed by atoms with Gasteiger partial charge in [0, 0.05) is 6.42 Å². The van der Waals surface area contributed by atoms with E-state index in [1.54, 1.807) is 27.8 Å². The Kier molecular flexibility index (Phi) is 11.7. The number of amides is 2. The summed E-state index contributed by atoms with van der Waals surface area (Å²) in [5.74, 6) is -1.20. The summed E-state index contributed by atoms with van der Waals surface area (Å²) < 4.78 is 5.30. The van der Waals surface area contributed by atoms with Crippen LogP contribution in [0.1, 0.15) is 45.6 Å². The van der Waals surface area contributed by atoms with Crippen molar-refractivity contribution in [3.63, 3.8) is 0 Å². The highest BCUT2D eigenvalue weighted by atomic mass is 16.5. The number of carbonyl (C=O) groups is 3. The molecule has 2 amide bonds. The van der Waals surface area contributed by atoms with Gasteiger partial charge in [-0.1, -0.05) is 30.3 Å². The minimum absolute atomic E-state index is 0.289. The van der Waals surface area contributed by atoms with E-state index in [2.05, 4.69) is 16.0 Å². The number of carbonyl (C=O) groups excluding carboxylic acids is 3. The lowest BCUT2D eigenvalue weighted by Crippen LogP contribution is -2.55. The van der Waals surface area contributed by atoms with Gasteiger partial charge in [0.05, 0.1) is 12.1 Å². The fourth-order valence-corrected chi connectivity index (χ4v) is 2.82. The molecule has 3 atom stereocenters. The molecule has 1 aromatic rings. The number of ether oxygens (including phenoxy) is 1. The van der Waals surface area contributed by atoms with Crippen LogP contribution in [0.4, 0.5) is 0 Å². The Hall–Kier alpha value is -2.45. The first kappa shape index (κ1) is 25.6. The van der Waals surface area contributed by atoms with Gasteiger partial charge in [-0.15, -0.1) is 0 Å². The molecule has 8 heteroatoms. The quantitative estimate of drug-likeness (QED) is 0.278. The van der Waals surface area contributed by atoms with Crippen LogP contribution >= 0.6 is 0 Å². The third-order valence-corrected chi connectivity index (χ3v) is 4.64. The third-order valence-electron chi connectivity index (χ3n) is 4.64. The first-order valence-corrected chi connectivity index (χ1v) is 10.5. The highest BCUT2D eigenvalue weighted by molar-refractivity contribution is 5.92. The lowest BCUT2D eigenvalue weighted by molar-refractivity contribution is -0.151. The van der Waals surface area contributed by atoms with E-state index in [-0.39, 0.29) is 12.0 Å². The number of hydrogen-bond donors (Lipinski definition) is 4. The average Bonchev–Trinajstić information content (AvgIpc) is 2.72. The average molecular weight is 421 g/mol. The summed E-state index contributed by atoms with van der Waals surface area (Å²) in [6, 6.07) is 7.34. The molecule has 1 rings (SSSR count). The van der Waals surface area contributed by atoms with Gasteiger partial charge in [0.2, 0.25) is 11.8 Å². The van der Waals surface area contributed by atoms with Crippen molar-refractivity contribution < 1.29 is 19.1 Å². The Morgan fingerprint density at radius 1 is 0.967 bits per heavy atom. The van der Waals surface area contributed by atoms with E-state index in [0.717, 1.165) is 12.0 Å². The number of esters is 1. The minimum atomic E-state index is -0.820. The number of rotatable bonds is 13. The predicted molar refractivity (Wildman–Crippen MR) is 117 cm³/mol. The fourth-order valence-electron chi connectivity index (χ4n) is 2.82. The molecule has 8 nitrogen and oxygen atoms in total. The zero-order chi connectivity index (χ0) is 22.5. The summed E-state index contributed by atoms with van der Waals surface area (Å²) in [4.78, 5) is 37.9. The zero-order valence-electron chi connectivity index (χ0n) is 18.4. The van der Waals surface area contributed by atoms with Crippen molar-refractivity contribution in [2.24, 2.45) is 5.73 Å². The van der Waals surface area contributed by atoms with Gasteiger partial charge in [-0.2, -0.15) is 0 Å². The SMILES string of the molecule is CN[C@@H](C)C(=O)N[C@@H](Cc1ccccc1)C(=O)N[C@@H](CCCCN)C(=O)OC(C)C. The third kappa shape index (κ3) is 9.37. The van der Waals surface area contributed by atoms with Crippen molar-refractivity contribution in [2.45, 2.75) is 70.7 Å². The molecule has 0 spiro atoms. The molecular weight excluding hydrogens is 384 g/mol. The zero-order valence-corrected chi connectivity index (χ0v) is 18.4. The molecule has 0 unspecified atom stereocenters. The number of hydrogen-bond acceptors (Lipinski definition) is 6. The van der Waals surface area contributed by atoms with Crippen molar-refractivity contribution in [3.05, 3.63) is 35.9 Å². The molecule has 0 aliphatic heterocycles. The van der Waals surface area contributed by atoms with Crippen molar-refractivity contribution >= 4 is 17.8 Å². The summed E-state index contributed by atoms with van der Waals surface area (Å²) in [5, 5.41) is 8.42. The van der Waals surface area contributed by atoms with Gasteiger partial charge in [-0.3, -0.25) is 9.59 Å². The largest absolute Gasteiger partial charge is 0.461 e. The van der Waals surface area contributed by atoms with Crippen LogP contribution in [0.2, 0.25) is 0 Å². The molecule has 0 fully saturated rings. The van der Waals surface area contributed by atoms with E-state index >= 15 is 0 Å². The maximum atomic E-state index is 13.0. The van der Waals surface area contributed by atoms with Gasteiger partial charge < -0.3 is 26.4 Å². The molecule has 168 valence electrons. The van der Waals surface area contributed by atoms with Gasteiger partial charge in [-0.05, 0) is 59.2 Å². The molecule has 0 saturated heterocycles. The second kappa shape index (κ2) is 13.7. The van der Waals surface area contributed by atoms with E-state index in [4.69, 9.17) is 10.5 Å². The fraction of sp³-hybridized carbons (Fsp3) is 0.591. The monoisotopic (exact) mass is 420 g/mol. The van der Waals surface area contributed by atoms with Gasteiger partial charge in [0.15, 0.2) is 0 Å². The topological polar surface area (TPSA) is 123 Å². The number of nitrogens with two attached hydrogens (primary N) is 1. The Balaban J connectivity index is 2.95. The van der Waals surface area contributed by atoms with Crippen molar-refractivity contribution in [3.8, 4) is 0 Å². The van der Waals surface area contributed by atoms with Crippen LogP contribution in [0.5, 0.6) is 0 Å². The minimum Gasteiger partial charge on any atom is -0.461 e. The van der Waals surface area contributed by atoms with E-state index in [0.29, 0.717) is 25.8 Å². The summed E-state index contributed by atoms with van der Waals surface area (Å²) >= 11 is 0. The van der Waals surface area contributed by atoms with Crippen LogP contribution in [0.15, 0.2) is 30.3 Å². The molecule has 0 heterocycles. The van der Waals surface area contributed by atoms with E-state index < -0.39 is 30.0 Å². The predicted octanol–water partition coefficient (Wildman–Crippen LogP) is 0.887. The molecule has 5 N–H and O–H groups in total. The molecule has 0 radical (unpaired) electrons. The highest BCUT2D eigenvalue weighted by Gasteiger charge is 2.28. The van der Waals surface area contributed by atoms with Crippen molar-refractivity contribution in [2.75, 3.05) is 13.6 Å². The van der Waals surface area contributed by atoms with Crippen LogP contribution in [-0.2, 0) is 25.5 Å². The van der Waals surface area contributed by atoms with Crippen molar-refractivity contribution in [1.82, 2.24) is 16.0 Å².